The van der Waals surface area contributed by atoms with Gasteiger partial charge in [0.25, 0.3) is 5.91 Å². The third-order valence-corrected chi connectivity index (χ3v) is 6.05. The van der Waals surface area contributed by atoms with Crippen molar-refractivity contribution in [3.63, 3.8) is 0 Å². The Morgan fingerprint density at radius 2 is 2.12 bits per heavy atom. The molecule has 32 heavy (non-hydrogen) atoms. The molecule has 4 rings (SSSR count). The molecule has 0 atom stereocenters. The van der Waals surface area contributed by atoms with Crippen LogP contribution in [0.25, 0.3) is 5.82 Å². The molecule has 0 spiro atoms. The summed E-state index contributed by atoms with van der Waals surface area (Å²) < 4.78 is 6.65. The molecule has 2 aromatic heterocycles. The lowest BCUT2D eigenvalue weighted by Gasteiger charge is -2.37. The van der Waals surface area contributed by atoms with Crippen LogP contribution in [0.4, 0.5) is 0 Å². The van der Waals surface area contributed by atoms with Crippen LogP contribution in [0.1, 0.15) is 44.1 Å². The average molecular weight is 455 g/mol. The number of hydrazine groups is 1. The van der Waals surface area contributed by atoms with E-state index in [1.54, 1.807) is 24.4 Å². The minimum absolute atomic E-state index is 0.274. The van der Waals surface area contributed by atoms with Crippen molar-refractivity contribution in [2.75, 3.05) is 13.7 Å². The van der Waals surface area contributed by atoms with E-state index in [0.717, 1.165) is 36.4 Å². The molecule has 2 aromatic rings. The molecule has 0 aromatic carbocycles. The Morgan fingerprint density at radius 3 is 2.81 bits per heavy atom. The molecule has 9 heteroatoms. The van der Waals surface area contributed by atoms with Gasteiger partial charge in [-0.1, -0.05) is 25.4 Å². The van der Waals surface area contributed by atoms with Crippen LogP contribution in [0.2, 0.25) is 5.02 Å². The van der Waals surface area contributed by atoms with Crippen LogP contribution >= 0.6 is 11.6 Å². The molecule has 1 amide bonds. The third kappa shape index (κ3) is 4.03. The highest BCUT2D eigenvalue weighted by Gasteiger charge is 2.30. The third-order valence-electron chi connectivity index (χ3n) is 5.75. The lowest BCUT2D eigenvalue weighted by Crippen LogP contribution is -2.43. The average Bonchev–Trinajstić information content (AvgIpc) is 3.40. The maximum absolute atomic E-state index is 13.3. The predicted molar refractivity (Wildman–Crippen MR) is 123 cm³/mol. The zero-order valence-electron chi connectivity index (χ0n) is 18.7. The van der Waals surface area contributed by atoms with Gasteiger partial charge in [0.15, 0.2) is 5.82 Å². The molecule has 1 N–H and O–H groups in total. The van der Waals surface area contributed by atoms with Crippen molar-refractivity contribution in [2.45, 2.75) is 39.7 Å². The number of nitrogens with zero attached hydrogens (tertiary/aromatic N) is 5. The Morgan fingerprint density at radius 1 is 1.34 bits per heavy atom. The van der Waals surface area contributed by atoms with Crippen LogP contribution in [0.3, 0.4) is 0 Å². The first-order valence-corrected chi connectivity index (χ1v) is 11.1. The fourth-order valence-electron chi connectivity index (χ4n) is 3.98. The number of amides is 1. The lowest BCUT2D eigenvalue weighted by atomic mass is 10.1. The topological polar surface area (TPSA) is 75.5 Å². The quantitative estimate of drug-likeness (QED) is 0.679. The highest BCUT2D eigenvalue weighted by atomic mass is 35.5. The van der Waals surface area contributed by atoms with Crippen molar-refractivity contribution < 1.29 is 9.53 Å². The van der Waals surface area contributed by atoms with Crippen molar-refractivity contribution in [1.82, 2.24) is 30.1 Å². The van der Waals surface area contributed by atoms with Crippen molar-refractivity contribution >= 4 is 17.5 Å². The van der Waals surface area contributed by atoms with Crippen molar-refractivity contribution in [2.24, 2.45) is 0 Å². The summed E-state index contributed by atoms with van der Waals surface area (Å²) >= 11 is 6.30. The van der Waals surface area contributed by atoms with Gasteiger partial charge < -0.3 is 10.1 Å². The Labute approximate surface area is 192 Å². The number of allylic oxidation sites excluding steroid dienone is 2. The molecule has 2 aliphatic rings. The second kappa shape index (κ2) is 9.18. The molecule has 0 saturated carbocycles. The SMILES string of the molecule is CCC(CC)N1CC=C2C=C(C)C(NC(=O)c3cc(OC)nn3-c3ncccc3Cl)=CN21. The summed E-state index contributed by atoms with van der Waals surface area (Å²) in [4.78, 5) is 17.6. The molecule has 0 unspecified atom stereocenters. The monoisotopic (exact) mass is 454 g/mol. The van der Waals surface area contributed by atoms with E-state index in [0.29, 0.717) is 22.8 Å². The molecule has 0 saturated heterocycles. The summed E-state index contributed by atoms with van der Waals surface area (Å²) in [5.74, 6) is 0.325. The van der Waals surface area contributed by atoms with Crippen LogP contribution in [0, 0.1) is 0 Å². The lowest BCUT2D eigenvalue weighted by molar-refractivity contribution is 0.0356. The van der Waals surface area contributed by atoms with E-state index >= 15 is 0 Å². The second-order valence-corrected chi connectivity index (χ2v) is 8.09. The Kier molecular flexibility index (Phi) is 6.34. The van der Waals surface area contributed by atoms with Crippen LogP contribution < -0.4 is 10.1 Å². The number of halogens is 1. The van der Waals surface area contributed by atoms with Crippen molar-refractivity contribution in [3.05, 3.63) is 70.4 Å². The second-order valence-electron chi connectivity index (χ2n) is 7.68. The number of carbonyl (C=O) groups is 1. The van der Waals surface area contributed by atoms with Gasteiger partial charge in [0, 0.05) is 31.0 Å². The fraction of sp³-hybridized carbons (Fsp3) is 0.348. The number of carbonyl (C=O) groups excluding carboxylic acids is 1. The maximum Gasteiger partial charge on any atom is 0.274 e. The molecule has 0 fully saturated rings. The smallest absolute Gasteiger partial charge is 0.274 e. The Hall–Kier alpha value is -3.10. The van der Waals surface area contributed by atoms with E-state index in [4.69, 9.17) is 16.3 Å². The number of methoxy groups -OCH3 is 1. The van der Waals surface area contributed by atoms with Gasteiger partial charge in [-0.3, -0.25) is 9.80 Å². The first-order chi connectivity index (χ1) is 15.5. The highest BCUT2D eigenvalue weighted by molar-refractivity contribution is 6.32. The molecule has 0 aliphatic carbocycles. The Balaban J connectivity index is 1.64. The van der Waals surface area contributed by atoms with Gasteiger partial charge in [0.1, 0.15) is 5.69 Å². The first-order valence-electron chi connectivity index (χ1n) is 10.7. The van der Waals surface area contributed by atoms with Gasteiger partial charge in [-0.05, 0) is 49.6 Å². The number of fused-ring (bicyclic) bond motifs is 1. The number of ether oxygens (including phenoxy) is 1. The van der Waals surface area contributed by atoms with Gasteiger partial charge in [0.05, 0.1) is 23.5 Å². The standard InChI is InChI=1S/C23H27ClN6O2/c1-5-16(6-2)28-11-9-17-12-15(3)19(14-29(17)28)26-23(31)20-13-21(32-4)27-30(20)22-18(24)8-7-10-25-22/h7-10,12-14,16H,5-6,11H2,1-4H3,(H,26,31). The molecular weight excluding hydrogens is 428 g/mol. The van der Waals surface area contributed by atoms with Crippen LogP contribution in [0.5, 0.6) is 5.88 Å². The summed E-state index contributed by atoms with van der Waals surface area (Å²) in [5.41, 5.74) is 3.10. The van der Waals surface area contributed by atoms with Gasteiger partial charge in [0.2, 0.25) is 5.88 Å². The van der Waals surface area contributed by atoms with Crippen LogP contribution in [0.15, 0.2) is 59.7 Å². The predicted octanol–water partition coefficient (Wildman–Crippen LogP) is 4.07. The fourth-order valence-corrected chi connectivity index (χ4v) is 4.18. The van der Waals surface area contributed by atoms with Gasteiger partial charge >= 0.3 is 0 Å². The minimum Gasteiger partial charge on any atom is -0.480 e. The van der Waals surface area contributed by atoms with E-state index in [9.17, 15) is 4.79 Å². The number of rotatable bonds is 7. The molecule has 8 nitrogen and oxygen atoms in total. The summed E-state index contributed by atoms with van der Waals surface area (Å²) in [5, 5.41) is 12.2. The number of pyridine rings is 1. The molecule has 0 radical (unpaired) electrons. The van der Waals surface area contributed by atoms with E-state index in [1.165, 1.54) is 11.8 Å². The summed E-state index contributed by atoms with van der Waals surface area (Å²) in [6.07, 6.45) is 9.98. The van der Waals surface area contributed by atoms with E-state index in [1.807, 2.05) is 13.1 Å². The van der Waals surface area contributed by atoms with E-state index in [2.05, 4.69) is 51.4 Å². The maximum atomic E-state index is 13.3. The molecule has 0 bridgehead atoms. The van der Waals surface area contributed by atoms with E-state index < -0.39 is 0 Å². The normalized spacial score (nSPS) is 15.9. The van der Waals surface area contributed by atoms with E-state index in [-0.39, 0.29) is 11.6 Å². The molecular formula is C23H27ClN6O2. The largest absolute Gasteiger partial charge is 0.480 e. The van der Waals surface area contributed by atoms with Crippen LogP contribution in [-0.2, 0) is 0 Å². The zero-order chi connectivity index (χ0) is 22.8. The van der Waals surface area contributed by atoms with Gasteiger partial charge in [-0.2, -0.15) is 0 Å². The van der Waals surface area contributed by atoms with Crippen LogP contribution in [-0.4, -0.2) is 50.4 Å². The number of hydrogen-bond acceptors (Lipinski definition) is 6. The molecule has 2 aliphatic heterocycles. The Bertz CT molecular complexity index is 1120. The summed E-state index contributed by atoms with van der Waals surface area (Å²) in [7, 11) is 1.50. The summed E-state index contributed by atoms with van der Waals surface area (Å²) in [6, 6.07) is 5.42. The number of nitrogens with one attached hydrogen (secondary N) is 1. The van der Waals surface area contributed by atoms with Gasteiger partial charge in [-0.15, -0.1) is 5.10 Å². The molecule has 4 heterocycles. The minimum atomic E-state index is -0.331. The number of hydrogen-bond donors (Lipinski definition) is 1. The van der Waals surface area contributed by atoms with Crippen molar-refractivity contribution in [3.8, 4) is 11.7 Å². The first kappa shape index (κ1) is 22.1. The van der Waals surface area contributed by atoms with Gasteiger partial charge in [-0.25, -0.2) is 14.7 Å². The molecule has 168 valence electrons. The highest BCUT2D eigenvalue weighted by Crippen LogP contribution is 2.30. The summed E-state index contributed by atoms with van der Waals surface area (Å²) in [6.45, 7) is 7.23. The van der Waals surface area contributed by atoms with Crippen molar-refractivity contribution in [1.29, 1.82) is 0 Å². The zero-order valence-corrected chi connectivity index (χ0v) is 19.4. The number of aromatic nitrogens is 3.